The predicted molar refractivity (Wildman–Crippen MR) is 118 cm³/mol. The number of esters is 1. The maximum absolute atomic E-state index is 12.1. The van der Waals surface area contributed by atoms with Gasteiger partial charge in [-0.25, -0.2) is 0 Å². The van der Waals surface area contributed by atoms with Crippen LogP contribution in [0.5, 0.6) is 0 Å². The van der Waals surface area contributed by atoms with Crippen LogP contribution in [0.15, 0.2) is 0 Å². The maximum Gasteiger partial charge on any atom is 0.307 e. The first kappa shape index (κ1) is 27.4. The molecule has 0 aromatic rings. The van der Waals surface area contributed by atoms with Gasteiger partial charge in [0.2, 0.25) is 0 Å². The van der Waals surface area contributed by atoms with Crippen LogP contribution in [0.25, 0.3) is 0 Å². The minimum absolute atomic E-state index is 0.0827. The number of hydrogen-bond donors (Lipinski definition) is 2. The van der Waals surface area contributed by atoms with Gasteiger partial charge < -0.3 is 15.6 Å². The van der Waals surface area contributed by atoms with Crippen molar-refractivity contribution in [1.29, 1.82) is 0 Å². The summed E-state index contributed by atoms with van der Waals surface area (Å²) in [7, 11) is 0. The van der Waals surface area contributed by atoms with Crippen molar-refractivity contribution in [3.63, 3.8) is 0 Å². The van der Waals surface area contributed by atoms with Crippen molar-refractivity contribution in [2.45, 2.75) is 110 Å². The van der Waals surface area contributed by atoms with Gasteiger partial charge in [-0.05, 0) is 26.7 Å². The summed E-state index contributed by atoms with van der Waals surface area (Å²) in [5.74, 6) is -0.159. The van der Waals surface area contributed by atoms with Crippen molar-refractivity contribution in [2.24, 2.45) is 5.73 Å². The number of ether oxygens (including phenoxy) is 1. The summed E-state index contributed by atoms with van der Waals surface area (Å²) in [5.41, 5.74) is 5.16. The Morgan fingerprint density at radius 3 is 1.93 bits per heavy atom. The lowest BCUT2D eigenvalue weighted by molar-refractivity contribution is -0.157. The number of carbonyl (C=O) groups excluding carboxylic acids is 1. The van der Waals surface area contributed by atoms with Crippen LogP contribution >= 0.6 is 0 Å². The Bertz CT molecular complexity index is 356. The number of aliphatic hydroxyl groups is 1. The van der Waals surface area contributed by atoms with E-state index < -0.39 is 5.60 Å². The van der Waals surface area contributed by atoms with Gasteiger partial charge in [-0.1, -0.05) is 71.1 Å². The highest BCUT2D eigenvalue weighted by molar-refractivity contribution is 5.70. The average Bonchev–Trinajstić information content (AvgIpc) is 2.64. The molecule has 0 amide bonds. The van der Waals surface area contributed by atoms with Gasteiger partial charge in [0.15, 0.2) is 0 Å². The van der Waals surface area contributed by atoms with Crippen LogP contribution in [0.3, 0.4) is 0 Å². The quantitative estimate of drug-likeness (QED) is 0.230. The third-order valence-corrected chi connectivity index (χ3v) is 5.27. The van der Waals surface area contributed by atoms with Gasteiger partial charge in [-0.3, -0.25) is 9.69 Å². The van der Waals surface area contributed by atoms with Gasteiger partial charge in [0.05, 0.1) is 13.0 Å². The zero-order valence-electron chi connectivity index (χ0n) is 19.0. The Morgan fingerprint density at radius 2 is 1.43 bits per heavy atom. The minimum Gasteiger partial charge on any atom is -0.460 e. The number of nitrogens with zero attached hydrogens (tertiary/aromatic N) is 1. The molecule has 0 atom stereocenters. The van der Waals surface area contributed by atoms with Crippen molar-refractivity contribution >= 4 is 5.97 Å². The smallest absolute Gasteiger partial charge is 0.307 e. The Labute approximate surface area is 174 Å². The number of carbonyl (C=O) groups is 1. The largest absolute Gasteiger partial charge is 0.460 e. The van der Waals surface area contributed by atoms with E-state index in [0.29, 0.717) is 32.6 Å². The molecule has 0 aromatic carbocycles. The molecule has 0 aliphatic rings. The lowest BCUT2D eigenvalue weighted by Crippen LogP contribution is -2.35. The second-order valence-electron chi connectivity index (χ2n) is 8.62. The molecule has 5 nitrogen and oxygen atoms in total. The van der Waals surface area contributed by atoms with Gasteiger partial charge in [-0.15, -0.1) is 0 Å². The van der Waals surface area contributed by atoms with E-state index >= 15 is 0 Å². The van der Waals surface area contributed by atoms with Crippen molar-refractivity contribution in [3.8, 4) is 0 Å². The fraction of sp³-hybridized carbons (Fsp3) is 0.957. The topological polar surface area (TPSA) is 75.8 Å². The number of rotatable bonds is 20. The summed E-state index contributed by atoms with van der Waals surface area (Å²) in [5, 5.41) is 9.05. The van der Waals surface area contributed by atoms with Crippen LogP contribution in [0.2, 0.25) is 0 Å². The summed E-state index contributed by atoms with van der Waals surface area (Å²) < 4.78 is 5.68. The summed E-state index contributed by atoms with van der Waals surface area (Å²) >= 11 is 0. The molecule has 0 bridgehead atoms. The Kier molecular flexibility index (Phi) is 18.0. The van der Waals surface area contributed by atoms with E-state index in [1.54, 1.807) is 0 Å². The molecule has 3 N–H and O–H groups in total. The molecule has 0 aromatic heterocycles. The van der Waals surface area contributed by atoms with Gasteiger partial charge >= 0.3 is 5.97 Å². The monoisotopic (exact) mass is 400 g/mol. The first-order valence-corrected chi connectivity index (χ1v) is 11.7. The average molecular weight is 401 g/mol. The Balaban J connectivity index is 3.71. The molecule has 168 valence electrons. The van der Waals surface area contributed by atoms with E-state index in [-0.39, 0.29) is 12.6 Å². The highest BCUT2D eigenvalue weighted by Crippen LogP contribution is 2.20. The number of hydrogen-bond acceptors (Lipinski definition) is 5. The van der Waals surface area contributed by atoms with E-state index in [4.69, 9.17) is 15.6 Å². The zero-order valence-corrected chi connectivity index (χ0v) is 19.0. The third-order valence-electron chi connectivity index (χ3n) is 5.27. The standard InChI is InChI=1S/C23H48N2O3/c1-4-5-6-7-8-9-10-11-12-13-14-16-23(2,3)28-22(27)15-18-25(19-17-24)20-21-26/h26H,4-21,24H2,1-3H3. The molecule has 0 aliphatic carbocycles. The van der Waals surface area contributed by atoms with Gasteiger partial charge in [0.1, 0.15) is 5.60 Å². The van der Waals surface area contributed by atoms with Crippen LogP contribution in [-0.4, -0.2) is 54.4 Å². The number of unbranched alkanes of at least 4 members (excludes halogenated alkanes) is 10. The SMILES string of the molecule is CCCCCCCCCCCCCC(C)(C)OC(=O)CCN(CCN)CCO. The highest BCUT2D eigenvalue weighted by Gasteiger charge is 2.22. The molecular weight excluding hydrogens is 352 g/mol. The second-order valence-corrected chi connectivity index (χ2v) is 8.62. The third kappa shape index (κ3) is 17.4. The first-order valence-electron chi connectivity index (χ1n) is 11.7. The number of aliphatic hydroxyl groups excluding tert-OH is 1. The molecule has 0 spiro atoms. The summed E-state index contributed by atoms with van der Waals surface area (Å²) in [6.45, 7) is 8.71. The zero-order chi connectivity index (χ0) is 21.1. The minimum atomic E-state index is -0.397. The highest BCUT2D eigenvalue weighted by atomic mass is 16.6. The molecule has 0 radical (unpaired) electrons. The Morgan fingerprint density at radius 1 is 0.893 bits per heavy atom. The predicted octanol–water partition coefficient (Wildman–Crippen LogP) is 4.65. The van der Waals surface area contributed by atoms with E-state index in [1.807, 2.05) is 18.7 Å². The van der Waals surface area contributed by atoms with Crippen LogP contribution in [0.4, 0.5) is 0 Å². The summed E-state index contributed by atoms with van der Waals surface area (Å²) in [6.07, 6.45) is 15.8. The lowest BCUT2D eigenvalue weighted by atomic mass is 9.99. The normalized spacial score (nSPS) is 11.9. The molecule has 0 saturated heterocycles. The second kappa shape index (κ2) is 18.4. The molecule has 0 saturated carbocycles. The molecule has 0 heterocycles. The summed E-state index contributed by atoms with van der Waals surface area (Å²) in [4.78, 5) is 14.1. The van der Waals surface area contributed by atoms with Crippen LogP contribution < -0.4 is 5.73 Å². The summed E-state index contributed by atoms with van der Waals surface area (Å²) in [6, 6.07) is 0. The molecule has 0 rings (SSSR count). The van der Waals surface area contributed by atoms with E-state index in [1.165, 1.54) is 64.2 Å². The van der Waals surface area contributed by atoms with Gasteiger partial charge in [-0.2, -0.15) is 0 Å². The van der Waals surface area contributed by atoms with Crippen LogP contribution in [0.1, 0.15) is 104 Å². The number of nitrogens with two attached hydrogens (primary N) is 1. The fourth-order valence-electron chi connectivity index (χ4n) is 3.53. The van der Waals surface area contributed by atoms with Crippen molar-refractivity contribution in [3.05, 3.63) is 0 Å². The maximum atomic E-state index is 12.1. The van der Waals surface area contributed by atoms with Gasteiger partial charge in [0.25, 0.3) is 0 Å². The van der Waals surface area contributed by atoms with Crippen LogP contribution in [0, 0.1) is 0 Å². The fourth-order valence-corrected chi connectivity index (χ4v) is 3.53. The van der Waals surface area contributed by atoms with Gasteiger partial charge in [0, 0.05) is 26.2 Å². The van der Waals surface area contributed by atoms with Crippen molar-refractivity contribution < 1.29 is 14.6 Å². The molecular formula is C23H48N2O3. The van der Waals surface area contributed by atoms with E-state index in [2.05, 4.69) is 6.92 Å². The molecule has 5 heteroatoms. The van der Waals surface area contributed by atoms with Crippen molar-refractivity contribution in [1.82, 2.24) is 4.90 Å². The van der Waals surface area contributed by atoms with Crippen LogP contribution in [-0.2, 0) is 9.53 Å². The Hall–Kier alpha value is -0.650. The van der Waals surface area contributed by atoms with E-state index in [0.717, 1.165) is 12.8 Å². The molecule has 0 unspecified atom stereocenters. The van der Waals surface area contributed by atoms with E-state index in [9.17, 15) is 4.79 Å². The first-order chi connectivity index (χ1) is 13.4. The lowest BCUT2D eigenvalue weighted by Gasteiger charge is -2.26. The van der Waals surface area contributed by atoms with Crippen molar-refractivity contribution in [2.75, 3.05) is 32.8 Å². The molecule has 0 fully saturated rings. The molecule has 0 aliphatic heterocycles. The molecule has 28 heavy (non-hydrogen) atoms.